The van der Waals surface area contributed by atoms with Crippen LogP contribution in [0.15, 0.2) is 0 Å². The van der Waals surface area contributed by atoms with Crippen molar-refractivity contribution in [3.8, 4) is 0 Å². The van der Waals surface area contributed by atoms with Gasteiger partial charge in [-0.05, 0) is 37.5 Å². The zero-order valence-corrected chi connectivity index (χ0v) is 6.15. The van der Waals surface area contributed by atoms with E-state index in [1.165, 1.54) is 32.1 Å². The Labute approximate surface area is 60.8 Å². The van der Waals surface area contributed by atoms with Crippen LogP contribution in [-0.4, -0.2) is 5.78 Å². The van der Waals surface area contributed by atoms with Gasteiger partial charge in [-0.3, -0.25) is 4.79 Å². The van der Waals surface area contributed by atoms with E-state index in [0.29, 0.717) is 11.2 Å². The van der Waals surface area contributed by atoms with Gasteiger partial charge >= 0.3 is 0 Å². The van der Waals surface area contributed by atoms with Crippen molar-refractivity contribution in [2.24, 2.45) is 10.8 Å². The van der Waals surface area contributed by atoms with Crippen molar-refractivity contribution in [1.82, 2.24) is 0 Å². The van der Waals surface area contributed by atoms with E-state index in [-0.39, 0.29) is 5.41 Å². The Morgan fingerprint density at radius 1 is 1.20 bits per heavy atom. The molecule has 0 radical (unpaired) electrons. The van der Waals surface area contributed by atoms with Gasteiger partial charge in [0.25, 0.3) is 0 Å². The first-order valence-electron chi connectivity index (χ1n) is 4.33. The minimum absolute atomic E-state index is 0.271. The lowest BCUT2D eigenvalue weighted by Gasteiger charge is -2.02. The summed E-state index contributed by atoms with van der Waals surface area (Å²) in [7, 11) is 0. The van der Waals surface area contributed by atoms with Gasteiger partial charge in [-0.1, -0.05) is 0 Å². The number of carbonyl (C=O) groups excluding carboxylic acids is 1. The van der Waals surface area contributed by atoms with E-state index >= 15 is 0 Å². The molecule has 0 heterocycles. The van der Waals surface area contributed by atoms with E-state index < -0.39 is 0 Å². The molecule has 0 aromatic heterocycles. The third-order valence-corrected chi connectivity index (χ3v) is 3.93. The summed E-state index contributed by atoms with van der Waals surface area (Å²) in [6, 6.07) is 0. The molecule has 0 amide bonds. The molecule has 3 saturated carbocycles. The molecule has 0 aromatic rings. The smallest absolute Gasteiger partial charge is 0.139 e. The molecule has 3 rings (SSSR count). The van der Waals surface area contributed by atoms with Crippen molar-refractivity contribution in [3.05, 3.63) is 0 Å². The highest BCUT2D eigenvalue weighted by Gasteiger charge is 2.77. The Kier molecular flexibility index (Phi) is 0.637. The van der Waals surface area contributed by atoms with E-state index in [2.05, 4.69) is 0 Å². The number of Topliss-reactive ketones (excluding diaryl/α,β-unsaturated/α-hetero) is 1. The molecule has 0 bridgehead atoms. The Morgan fingerprint density at radius 2 is 2.00 bits per heavy atom. The molecule has 2 spiro atoms. The van der Waals surface area contributed by atoms with Gasteiger partial charge in [0.2, 0.25) is 0 Å². The maximum atomic E-state index is 11.4. The summed E-state index contributed by atoms with van der Waals surface area (Å²) in [4.78, 5) is 11.4. The average molecular weight is 136 g/mol. The first-order valence-corrected chi connectivity index (χ1v) is 4.33. The number of hydrogen-bond donors (Lipinski definition) is 0. The van der Waals surface area contributed by atoms with Crippen LogP contribution in [0.1, 0.15) is 38.5 Å². The molecular weight excluding hydrogens is 124 g/mol. The number of rotatable bonds is 0. The maximum absolute atomic E-state index is 11.4. The summed E-state index contributed by atoms with van der Waals surface area (Å²) < 4.78 is 0. The molecule has 0 saturated heterocycles. The predicted octanol–water partition coefficient (Wildman–Crippen LogP) is 1.91. The Bertz CT molecular complexity index is 211. The third-order valence-electron chi connectivity index (χ3n) is 3.93. The van der Waals surface area contributed by atoms with Crippen LogP contribution in [0, 0.1) is 10.8 Å². The van der Waals surface area contributed by atoms with E-state index in [4.69, 9.17) is 0 Å². The molecule has 3 fully saturated rings. The molecule has 3 aliphatic rings. The van der Waals surface area contributed by atoms with Gasteiger partial charge in [0.05, 0.1) is 0 Å². The quantitative estimate of drug-likeness (QED) is 0.497. The number of fused-ring (bicyclic) bond motifs is 1. The standard InChI is InChI=1S/C9H12O/c10-7-2-1-3-9(7)6-8(9)4-5-8/h1-6H2. The number of carbonyl (C=O) groups is 1. The van der Waals surface area contributed by atoms with Crippen molar-refractivity contribution < 1.29 is 4.79 Å². The van der Waals surface area contributed by atoms with E-state index in [1.54, 1.807) is 0 Å². The fourth-order valence-corrected chi connectivity index (χ4v) is 3.02. The zero-order chi connectivity index (χ0) is 6.82. The average Bonchev–Trinajstić information content (AvgIpc) is 2.74. The van der Waals surface area contributed by atoms with Crippen molar-refractivity contribution in [3.63, 3.8) is 0 Å². The summed E-state index contributed by atoms with van der Waals surface area (Å²) in [5.74, 6) is 0.602. The monoisotopic (exact) mass is 136 g/mol. The first kappa shape index (κ1) is 5.34. The molecule has 0 aromatic carbocycles. The van der Waals surface area contributed by atoms with Gasteiger partial charge in [-0.25, -0.2) is 0 Å². The summed E-state index contributed by atoms with van der Waals surface area (Å²) in [5.41, 5.74) is 0.869. The molecule has 3 aliphatic carbocycles. The summed E-state index contributed by atoms with van der Waals surface area (Å²) in [5, 5.41) is 0. The lowest BCUT2D eigenvalue weighted by atomic mass is 10.00. The highest BCUT2D eigenvalue weighted by Crippen LogP contribution is 2.82. The van der Waals surface area contributed by atoms with Gasteiger partial charge in [0.1, 0.15) is 5.78 Å². The highest BCUT2D eigenvalue weighted by atomic mass is 16.1. The minimum atomic E-state index is 0.271. The SMILES string of the molecule is O=C1CCCC12CC21CC1. The van der Waals surface area contributed by atoms with Gasteiger partial charge in [-0.15, -0.1) is 0 Å². The topological polar surface area (TPSA) is 17.1 Å². The van der Waals surface area contributed by atoms with Crippen LogP contribution in [0.25, 0.3) is 0 Å². The van der Waals surface area contributed by atoms with Crippen LogP contribution in [0.2, 0.25) is 0 Å². The van der Waals surface area contributed by atoms with Gasteiger partial charge < -0.3 is 0 Å². The maximum Gasteiger partial charge on any atom is 0.139 e. The highest BCUT2D eigenvalue weighted by molar-refractivity contribution is 5.91. The molecule has 1 heteroatoms. The van der Waals surface area contributed by atoms with Crippen LogP contribution in [0.5, 0.6) is 0 Å². The normalized spacial score (nSPS) is 47.0. The zero-order valence-electron chi connectivity index (χ0n) is 6.15. The van der Waals surface area contributed by atoms with Crippen LogP contribution in [-0.2, 0) is 4.79 Å². The molecule has 1 unspecified atom stereocenters. The van der Waals surface area contributed by atoms with Crippen LogP contribution >= 0.6 is 0 Å². The van der Waals surface area contributed by atoms with Crippen LogP contribution in [0.4, 0.5) is 0 Å². The van der Waals surface area contributed by atoms with Gasteiger partial charge in [0.15, 0.2) is 0 Å². The minimum Gasteiger partial charge on any atom is -0.299 e. The second kappa shape index (κ2) is 1.19. The number of ketones is 1. The molecule has 1 atom stereocenters. The van der Waals surface area contributed by atoms with Crippen LogP contribution < -0.4 is 0 Å². The van der Waals surface area contributed by atoms with Crippen molar-refractivity contribution in [2.75, 3.05) is 0 Å². The van der Waals surface area contributed by atoms with E-state index in [9.17, 15) is 4.79 Å². The summed E-state index contributed by atoms with van der Waals surface area (Å²) in [6.45, 7) is 0. The lowest BCUT2D eigenvalue weighted by Crippen LogP contribution is -2.09. The van der Waals surface area contributed by atoms with E-state index in [1.807, 2.05) is 0 Å². The van der Waals surface area contributed by atoms with Crippen molar-refractivity contribution >= 4 is 5.78 Å². The summed E-state index contributed by atoms with van der Waals surface area (Å²) in [6.07, 6.45) is 7.28. The van der Waals surface area contributed by atoms with Crippen molar-refractivity contribution in [2.45, 2.75) is 38.5 Å². The largest absolute Gasteiger partial charge is 0.299 e. The fraction of sp³-hybridized carbons (Fsp3) is 0.889. The van der Waals surface area contributed by atoms with Crippen molar-refractivity contribution in [1.29, 1.82) is 0 Å². The molecular formula is C9H12O. The Balaban J connectivity index is 1.99. The Hall–Kier alpha value is -0.330. The molecule has 1 nitrogen and oxygen atoms in total. The second-order valence-electron chi connectivity index (χ2n) is 4.32. The van der Waals surface area contributed by atoms with Crippen LogP contribution in [0.3, 0.4) is 0 Å². The fourth-order valence-electron chi connectivity index (χ4n) is 3.02. The summed E-state index contributed by atoms with van der Waals surface area (Å²) >= 11 is 0. The van der Waals surface area contributed by atoms with Gasteiger partial charge in [0, 0.05) is 11.8 Å². The second-order valence-corrected chi connectivity index (χ2v) is 4.32. The first-order chi connectivity index (χ1) is 4.79. The lowest BCUT2D eigenvalue weighted by molar-refractivity contribution is -0.122. The van der Waals surface area contributed by atoms with Gasteiger partial charge in [-0.2, -0.15) is 0 Å². The third kappa shape index (κ3) is 0.363. The molecule has 0 aliphatic heterocycles. The predicted molar refractivity (Wildman–Crippen MR) is 37.6 cm³/mol. The molecule has 10 heavy (non-hydrogen) atoms. The Morgan fingerprint density at radius 3 is 2.40 bits per heavy atom. The molecule has 54 valence electrons. The molecule has 0 N–H and O–H groups in total. The number of hydrogen-bond acceptors (Lipinski definition) is 1. The van der Waals surface area contributed by atoms with E-state index in [0.717, 1.165) is 6.42 Å².